The second-order valence-electron chi connectivity index (χ2n) is 4.38. The standard InChI is InChI=1S/C13H17FN2O2/c1-2-10-8-16(5-6-18-10)13(17)11-4-3-9(14)7-12(11)15/h3-4,7,10H,2,5-6,8,15H2,1H3. The SMILES string of the molecule is CCC1CN(C(=O)c2ccc(F)cc2N)CCO1. The first kappa shape index (κ1) is 12.8. The van der Waals surface area contributed by atoms with E-state index in [1.165, 1.54) is 18.2 Å². The van der Waals surface area contributed by atoms with Gasteiger partial charge in [0.25, 0.3) is 5.91 Å². The lowest BCUT2D eigenvalue weighted by Crippen LogP contribution is -2.45. The molecule has 1 unspecified atom stereocenters. The third-order valence-electron chi connectivity index (χ3n) is 3.13. The van der Waals surface area contributed by atoms with Crippen molar-refractivity contribution in [3.63, 3.8) is 0 Å². The van der Waals surface area contributed by atoms with E-state index >= 15 is 0 Å². The molecule has 1 fully saturated rings. The van der Waals surface area contributed by atoms with Crippen molar-refractivity contribution >= 4 is 11.6 Å². The van der Waals surface area contributed by atoms with E-state index in [1.54, 1.807) is 4.90 Å². The normalized spacial score (nSPS) is 19.9. The van der Waals surface area contributed by atoms with E-state index in [4.69, 9.17) is 10.5 Å². The third kappa shape index (κ3) is 2.61. The number of amides is 1. The van der Waals surface area contributed by atoms with Crippen molar-refractivity contribution in [2.24, 2.45) is 0 Å². The molecule has 1 aliphatic heterocycles. The minimum absolute atomic E-state index is 0.0735. The van der Waals surface area contributed by atoms with Gasteiger partial charge in [-0.15, -0.1) is 0 Å². The van der Waals surface area contributed by atoms with Crippen LogP contribution in [-0.2, 0) is 4.74 Å². The molecular formula is C13H17FN2O2. The highest BCUT2D eigenvalue weighted by molar-refractivity contribution is 5.99. The van der Waals surface area contributed by atoms with Crippen molar-refractivity contribution in [1.29, 1.82) is 0 Å². The predicted molar refractivity (Wildman–Crippen MR) is 66.7 cm³/mol. The molecule has 1 aromatic rings. The first-order valence-electron chi connectivity index (χ1n) is 6.07. The zero-order valence-corrected chi connectivity index (χ0v) is 10.4. The number of nitrogens with two attached hydrogens (primary N) is 1. The zero-order valence-electron chi connectivity index (χ0n) is 10.4. The first-order chi connectivity index (χ1) is 8.61. The number of hydrogen-bond donors (Lipinski definition) is 1. The Bertz CT molecular complexity index is 451. The Labute approximate surface area is 106 Å². The summed E-state index contributed by atoms with van der Waals surface area (Å²) in [7, 11) is 0. The van der Waals surface area contributed by atoms with Gasteiger partial charge in [-0.2, -0.15) is 0 Å². The molecule has 98 valence electrons. The van der Waals surface area contributed by atoms with E-state index in [1.807, 2.05) is 6.92 Å². The molecule has 1 amide bonds. The van der Waals surface area contributed by atoms with Gasteiger partial charge < -0.3 is 15.4 Å². The summed E-state index contributed by atoms with van der Waals surface area (Å²) in [6.45, 7) is 3.66. The monoisotopic (exact) mass is 252 g/mol. The van der Waals surface area contributed by atoms with Crippen LogP contribution in [0.4, 0.5) is 10.1 Å². The molecule has 0 aliphatic carbocycles. The summed E-state index contributed by atoms with van der Waals surface area (Å²) in [6, 6.07) is 3.86. The molecule has 0 saturated carbocycles. The van der Waals surface area contributed by atoms with Gasteiger partial charge in [0, 0.05) is 18.8 Å². The Morgan fingerprint density at radius 3 is 3.06 bits per heavy atom. The number of ether oxygens (including phenoxy) is 1. The topological polar surface area (TPSA) is 55.6 Å². The fourth-order valence-corrected chi connectivity index (χ4v) is 2.05. The fourth-order valence-electron chi connectivity index (χ4n) is 2.05. The number of nitrogen functional groups attached to an aromatic ring is 1. The molecule has 18 heavy (non-hydrogen) atoms. The van der Waals surface area contributed by atoms with Gasteiger partial charge in [0.2, 0.25) is 0 Å². The highest BCUT2D eigenvalue weighted by atomic mass is 19.1. The lowest BCUT2D eigenvalue weighted by Gasteiger charge is -2.32. The Balaban J connectivity index is 2.15. The minimum Gasteiger partial charge on any atom is -0.398 e. The van der Waals surface area contributed by atoms with Crippen LogP contribution >= 0.6 is 0 Å². The number of carbonyl (C=O) groups is 1. The molecule has 1 aliphatic rings. The van der Waals surface area contributed by atoms with Crippen molar-refractivity contribution in [2.75, 3.05) is 25.4 Å². The van der Waals surface area contributed by atoms with Crippen LogP contribution in [0.25, 0.3) is 0 Å². The minimum atomic E-state index is -0.433. The first-order valence-corrected chi connectivity index (χ1v) is 6.07. The fraction of sp³-hybridized carbons (Fsp3) is 0.462. The van der Waals surface area contributed by atoms with Crippen LogP contribution in [0.2, 0.25) is 0 Å². The largest absolute Gasteiger partial charge is 0.398 e. The summed E-state index contributed by atoms with van der Waals surface area (Å²) in [4.78, 5) is 14.0. The van der Waals surface area contributed by atoms with Crippen molar-refractivity contribution in [3.05, 3.63) is 29.6 Å². The van der Waals surface area contributed by atoms with Gasteiger partial charge >= 0.3 is 0 Å². The second-order valence-corrected chi connectivity index (χ2v) is 4.38. The van der Waals surface area contributed by atoms with Crippen molar-refractivity contribution in [1.82, 2.24) is 4.90 Å². The molecule has 1 aromatic carbocycles. The van der Waals surface area contributed by atoms with E-state index in [2.05, 4.69) is 0 Å². The summed E-state index contributed by atoms with van der Waals surface area (Å²) in [5, 5.41) is 0. The molecule has 2 rings (SSSR count). The van der Waals surface area contributed by atoms with Crippen LogP contribution < -0.4 is 5.73 Å². The molecule has 1 heterocycles. The maximum atomic E-state index is 12.9. The van der Waals surface area contributed by atoms with E-state index in [0.717, 1.165) is 6.42 Å². The summed E-state index contributed by atoms with van der Waals surface area (Å²) >= 11 is 0. The van der Waals surface area contributed by atoms with Gasteiger partial charge in [-0.05, 0) is 24.6 Å². The van der Waals surface area contributed by atoms with Crippen molar-refractivity contribution in [3.8, 4) is 0 Å². The molecule has 0 aromatic heterocycles. The Hall–Kier alpha value is -1.62. The van der Waals surface area contributed by atoms with Gasteiger partial charge in [0.05, 0.1) is 18.3 Å². The zero-order chi connectivity index (χ0) is 13.1. The van der Waals surface area contributed by atoms with Gasteiger partial charge in [-0.3, -0.25) is 4.79 Å². The average Bonchev–Trinajstić information content (AvgIpc) is 2.38. The van der Waals surface area contributed by atoms with Crippen LogP contribution in [0.5, 0.6) is 0 Å². The van der Waals surface area contributed by atoms with E-state index in [-0.39, 0.29) is 17.7 Å². The Morgan fingerprint density at radius 1 is 1.61 bits per heavy atom. The number of carbonyl (C=O) groups excluding carboxylic acids is 1. The third-order valence-corrected chi connectivity index (χ3v) is 3.13. The number of morpholine rings is 1. The van der Waals surface area contributed by atoms with Gasteiger partial charge in [-0.1, -0.05) is 6.92 Å². The van der Waals surface area contributed by atoms with Crippen LogP contribution in [-0.4, -0.2) is 36.6 Å². The highest BCUT2D eigenvalue weighted by Gasteiger charge is 2.25. The maximum Gasteiger partial charge on any atom is 0.256 e. The molecule has 5 heteroatoms. The molecule has 0 radical (unpaired) electrons. The van der Waals surface area contributed by atoms with Gasteiger partial charge in [0.1, 0.15) is 5.82 Å². The van der Waals surface area contributed by atoms with E-state index < -0.39 is 5.82 Å². The number of nitrogens with zero attached hydrogens (tertiary/aromatic N) is 1. The van der Waals surface area contributed by atoms with Crippen molar-refractivity contribution < 1.29 is 13.9 Å². The smallest absolute Gasteiger partial charge is 0.256 e. The van der Waals surface area contributed by atoms with Gasteiger partial charge in [0.15, 0.2) is 0 Å². The van der Waals surface area contributed by atoms with Crippen LogP contribution in [0.15, 0.2) is 18.2 Å². The van der Waals surface area contributed by atoms with Gasteiger partial charge in [-0.25, -0.2) is 4.39 Å². The van der Waals surface area contributed by atoms with Crippen molar-refractivity contribution in [2.45, 2.75) is 19.4 Å². The number of hydrogen-bond acceptors (Lipinski definition) is 3. The quantitative estimate of drug-likeness (QED) is 0.814. The number of anilines is 1. The molecular weight excluding hydrogens is 235 g/mol. The Morgan fingerprint density at radius 2 is 2.39 bits per heavy atom. The molecule has 0 bridgehead atoms. The Kier molecular flexibility index (Phi) is 3.81. The molecule has 1 saturated heterocycles. The summed E-state index contributed by atoms with van der Waals surface area (Å²) in [5.74, 6) is -0.591. The predicted octanol–water partition coefficient (Wildman–Crippen LogP) is 1.66. The van der Waals surface area contributed by atoms with E-state index in [0.29, 0.717) is 25.3 Å². The maximum absolute atomic E-state index is 12.9. The highest BCUT2D eigenvalue weighted by Crippen LogP contribution is 2.18. The number of rotatable bonds is 2. The number of benzene rings is 1. The number of halogens is 1. The summed E-state index contributed by atoms with van der Waals surface area (Å²) in [5.41, 5.74) is 6.21. The summed E-state index contributed by atoms with van der Waals surface area (Å²) in [6.07, 6.45) is 0.937. The molecule has 1 atom stereocenters. The van der Waals surface area contributed by atoms with E-state index in [9.17, 15) is 9.18 Å². The van der Waals surface area contributed by atoms with Crippen LogP contribution in [0, 0.1) is 5.82 Å². The van der Waals surface area contributed by atoms with Crippen LogP contribution in [0.1, 0.15) is 23.7 Å². The summed E-state index contributed by atoms with van der Waals surface area (Å²) < 4.78 is 18.5. The molecule has 0 spiro atoms. The molecule has 2 N–H and O–H groups in total. The average molecular weight is 252 g/mol. The lowest BCUT2D eigenvalue weighted by atomic mass is 10.1. The lowest BCUT2D eigenvalue weighted by molar-refractivity contribution is -0.0225. The van der Waals surface area contributed by atoms with Crippen LogP contribution in [0.3, 0.4) is 0 Å². The second kappa shape index (κ2) is 5.35. The molecule has 4 nitrogen and oxygen atoms in total.